The minimum absolute atomic E-state index is 0.451. The first-order valence-electron chi connectivity index (χ1n) is 10.6. The predicted molar refractivity (Wildman–Crippen MR) is 122 cm³/mol. The summed E-state index contributed by atoms with van der Waals surface area (Å²) >= 11 is 0. The molecule has 0 saturated carbocycles. The number of nitrogens with zero attached hydrogens (tertiary/aromatic N) is 6. The van der Waals surface area contributed by atoms with Crippen LogP contribution in [0.1, 0.15) is 19.8 Å². The number of aromatic nitrogens is 5. The summed E-state index contributed by atoms with van der Waals surface area (Å²) in [6.45, 7) is 7.46. The van der Waals surface area contributed by atoms with Gasteiger partial charge in [0.15, 0.2) is 5.82 Å². The predicted octanol–water partition coefficient (Wildman–Crippen LogP) is 3.56. The molecule has 2 aliphatic heterocycles. The number of hydrogen-bond acceptors (Lipinski definition) is 8. The highest BCUT2D eigenvalue weighted by Gasteiger charge is 2.23. The van der Waals surface area contributed by atoms with Crippen LogP contribution < -0.4 is 19.7 Å². The standard InChI is InChI=1S/C21H26N7O2P/c1-14-5-7-27(13-14)16-12-23-19-10-17(16)29-8-3-9-30-21-15(11-24-28(21)31-2)20-22-6-4-18(25-19)26-20/h4,6,10-12,14,31H,3,5,7-9,13H2,1-2H3,(H,22,23,25,26). The lowest BCUT2D eigenvalue weighted by Gasteiger charge is -2.22. The first-order chi connectivity index (χ1) is 15.2. The maximum Gasteiger partial charge on any atom is 0.226 e. The summed E-state index contributed by atoms with van der Waals surface area (Å²) in [5, 5.41) is 7.72. The van der Waals surface area contributed by atoms with E-state index in [0.717, 1.165) is 36.5 Å². The normalized spacial score (nSPS) is 18.8. The van der Waals surface area contributed by atoms with Crippen molar-refractivity contribution in [3.8, 4) is 23.0 Å². The van der Waals surface area contributed by atoms with Crippen LogP contribution in [0.4, 0.5) is 17.3 Å². The molecule has 3 aromatic heterocycles. The van der Waals surface area contributed by atoms with Crippen molar-refractivity contribution in [1.29, 1.82) is 0 Å². The Bertz CT molecular complexity index is 1070. The second-order valence-electron chi connectivity index (χ2n) is 7.82. The van der Waals surface area contributed by atoms with Gasteiger partial charge < -0.3 is 19.7 Å². The number of ether oxygens (including phenoxy) is 2. The number of anilines is 3. The van der Waals surface area contributed by atoms with E-state index in [9.17, 15) is 0 Å². The summed E-state index contributed by atoms with van der Waals surface area (Å²) in [6.07, 6.45) is 7.31. The molecular formula is C21H26N7O2P. The second kappa shape index (κ2) is 8.67. The first-order valence-corrected chi connectivity index (χ1v) is 12.0. The first kappa shape index (κ1) is 20.0. The van der Waals surface area contributed by atoms with E-state index in [1.165, 1.54) is 6.42 Å². The molecule has 3 aromatic rings. The fraction of sp³-hybridized carbons (Fsp3) is 0.429. The summed E-state index contributed by atoms with van der Waals surface area (Å²) in [5.74, 6) is 4.11. The number of nitrogens with one attached hydrogen (secondary N) is 1. The zero-order valence-electron chi connectivity index (χ0n) is 17.7. The molecule has 31 heavy (non-hydrogen) atoms. The average molecular weight is 439 g/mol. The number of fused-ring (bicyclic) bond motifs is 6. The fourth-order valence-corrected chi connectivity index (χ4v) is 4.45. The summed E-state index contributed by atoms with van der Waals surface area (Å²) in [7, 11) is 0.451. The maximum absolute atomic E-state index is 6.20. The van der Waals surface area contributed by atoms with Crippen LogP contribution in [0.3, 0.4) is 0 Å². The zero-order valence-corrected chi connectivity index (χ0v) is 18.7. The lowest BCUT2D eigenvalue weighted by Crippen LogP contribution is -2.20. The van der Waals surface area contributed by atoms with E-state index in [-0.39, 0.29) is 0 Å². The quantitative estimate of drug-likeness (QED) is 0.607. The maximum atomic E-state index is 6.20. The Kier molecular flexibility index (Phi) is 5.59. The van der Waals surface area contributed by atoms with Gasteiger partial charge in [-0.15, -0.1) is 0 Å². The van der Waals surface area contributed by atoms with Crippen LogP contribution in [-0.2, 0) is 0 Å². The van der Waals surface area contributed by atoms with Crippen LogP contribution in [0, 0.1) is 5.92 Å². The molecule has 9 nitrogen and oxygen atoms in total. The Hall–Kier alpha value is -2.93. The molecule has 0 aliphatic carbocycles. The third-order valence-corrected chi connectivity index (χ3v) is 6.23. The Balaban J connectivity index is 1.50. The molecule has 5 heterocycles. The van der Waals surface area contributed by atoms with E-state index in [0.29, 0.717) is 51.2 Å². The van der Waals surface area contributed by atoms with Crippen molar-refractivity contribution in [2.24, 2.45) is 5.92 Å². The van der Waals surface area contributed by atoms with E-state index < -0.39 is 0 Å². The van der Waals surface area contributed by atoms with Gasteiger partial charge in [0.05, 0.1) is 31.3 Å². The molecule has 5 rings (SSSR count). The minimum Gasteiger partial charge on any atom is -0.491 e. The van der Waals surface area contributed by atoms with Crippen LogP contribution in [-0.4, -0.2) is 57.5 Å². The number of hydrogen-bond donors (Lipinski definition) is 1. The van der Waals surface area contributed by atoms with Crippen LogP contribution in [0.5, 0.6) is 11.6 Å². The highest BCUT2D eigenvalue weighted by Crippen LogP contribution is 2.35. The molecule has 1 fully saturated rings. The van der Waals surface area contributed by atoms with Crippen molar-refractivity contribution in [3.63, 3.8) is 0 Å². The van der Waals surface area contributed by atoms with E-state index in [4.69, 9.17) is 9.47 Å². The molecule has 0 radical (unpaired) electrons. The summed E-state index contributed by atoms with van der Waals surface area (Å²) < 4.78 is 14.1. The van der Waals surface area contributed by atoms with Crippen LogP contribution in [0.25, 0.3) is 11.4 Å². The molecule has 10 heteroatoms. The van der Waals surface area contributed by atoms with E-state index >= 15 is 0 Å². The van der Waals surface area contributed by atoms with Crippen molar-refractivity contribution < 1.29 is 9.47 Å². The molecular weight excluding hydrogens is 413 g/mol. The van der Waals surface area contributed by atoms with Gasteiger partial charge in [0, 0.05) is 40.5 Å². The Morgan fingerprint density at radius 1 is 1.16 bits per heavy atom. The summed E-state index contributed by atoms with van der Waals surface area (Å²) in [5.41, 5.74) is 1.82. The molecule has 162 valence electrons. The largest absolute Gasteiger partial charge is 0.491 e. The van der Waals surface area contributed by atoms with Crippen molar-refractivity contribution >= 4 is 26.1 Å². The third-order valence-electron chi connectivity index (χ3n) is 5.49. The molecule has 0 spiro atoms. The highest BCUT2D eigenvalue weighted by molar-refractivity contribution is 7.35. The molecule has 2 unspecified atom stereocenters. The van der Waals surface area contributed by atoms with Crippen LogP contribution in [0.15, 0.2) is 30.7 Å². The Morgan fingerprint density at radius 2 is 2.06 bits per heavy atom. The van der Waals surface area contributed by atoms with Gasteiger partial charge in [0.1, 0.15) is 22.9 Å². The van der Waals surface area contributed by atoms with Gasteiger partial charge in [-0.05, 0) is 25.1 Å². The molecule has 1 N–H and O–H groups in total. The second-order valence-corrected chi connectivity index (χ2v) is 8.69. The zero-order chi connectivity index (χ0) is 21.2. The van der Waals surface area contributed by atoms with Crippen LogP contribution >= 0.6 is 8.73 Å². The molecule has 1 saturated heterocycles. The Morgan fingerprint density at radius 3 is 2.90 bits per heavy atom. The van der Waals surface area contributed by atoms with E-state index in [2.05, 4.69) is 43.9 Å². The fourth-order valence-electron chi connectivity index (χ4n) is 3.89. The summed E-state index contributed by atoms with van der Waals surface area (Å²) in [4.78, 5) is 16.1. The third kappa shape index (κ3) is 4.14. The monoisotopic (exact) mass is 439 g/mol. The molecule has 2 atom stereocenters. The number of pyridine rings is 1. The van der Waals surface area contributed by atoms with Gasteiger partial charge in [-0.1, -0.05) is 6.92 Å². The average Bonchev–Trinajstić information content (AvgIpc) is 3.39. The van der Waals surface area contributed by atoms with Gasteiger partial charge in [-0.2, -0.15) is 5.10 Å². The van der Waals surface area contributed by atoms with Crippen LogP contribution in [0.2, 0.25) is 0 Å². The van der Waals surface area contributed by atoms with Crippen molar-refractivity contribution in [2.75, 3.05) is 43.2 Å². The number of rotatable bonds is 2. The smallest absolute Gasteiger partial charge is 0.226 e. The van der Waals surface area contributed by atoms with Gasteiger partial charge in [0.2, 0.25) is 5.88 Å². The molecule has 4 bridgehead atoms. The van der Waals surface area contributed by atoms with Crippen molar-refractivity contribution in [3.05, 3.63) is 30.7 Å². The SMILES string of the molecule is CPn1ncc2c1OCCCOc1cc(ncc1N1CCC(C)C1)Nc1ccnc-2n1. The van der Waals surface area contributed by atoms with Gasteiger partial charge >= 0.3 is 0 Å². The molecule has 2 aliphatic rings. The minimum atomic E-state index is 0.451. The van der Waals surface area contributed by atoms with Crippen molar-refractivity contribution in [2.45, 2.75) is 19.8 Å². The lowest BCUT2D eigenvalue weighted by molar-refractivity contribution is 0.241. The van der Waals surface area contributed by atoms with Crippen molar-refractivity contribution in [1.82, 2.24) is 24.5 Å². The van der Waals surface area contributed by atoms with Gasteiger partial charge in [-0.25, -0.2) is 19.4 Å². The highest BCUT2D eigenvalue weighted by atomic mass is 31.1. The Labute approximate surface area is 183 Å². The molecule has 0 aromatic carbocycles. The topological polar surface area (TPSA) is 90.2 Å². The lowest BCUT2D eigenvalue weighted by atomic mass is 10.2. The van der Waals surface area contributed by atoms with E-state index in [1.807, 2.05) is 22.8 Å². The summed E-state index contributed by atoms with van der Waals surface area (Å²) in [6, 6.07) is 3.77. The van der Waals surface area contributed by atoms with Gasteiger partial charge in [-0.3, -0.25) is 0 Å². The van der Waals surface area contributed by atoms with Gasteiger partial charge in [0.25, 0.3) is 0 Å². The molecule has 0 amide bonds. The van der Waals surface area contributed by atoms with E-state index in [1.54, 1.807) is 12.4 Å².